The number of methoxy groups -OCH3 is 2. The van der Waals surface area contributed by atoms with Crippen molar-refractivity contribution >= 4 is 41.0 Å². The van der Waals surface area contributed by atoms with Crippen LogP contribution < -0.4 is 4.90 Å². The molecule has 3 aromatic rings. The van der Waals surface area contributed by atoms with Crippen LogP contribution in [0, 0.1) is 22.7 Å². The highest BCUT2D eigenvalue weighted by Gasteiger charge is 2.44. The summed E-state index contributed by atoms with van der Waals surface area (Å²) >= 11 is 0. The number of esters is 2. The Hall–Kier alpha value is -5.53. The topological polar surface area (TPSA) is 131 Å². The van der Waals surface area contributed by atoms with Crippen LogP contribution in [0.1, 0.15) is 133 Å². The standard InChI is InChI=1S/C53H66F3N3O8/c1-51(2,3)39(31-47(62)66-7)49(64)57-27-9-11-43(57)45(60)29-33-13-17-35(18-14-33)41-25-26-42(59(41)38-23-21-37(22-24-38)53(54,55)56)36-19-15-34(16-20-36)30-46(61)44-12-10-28-58(44)50(65)40(52(4,5)6)32-48(63)67-8/h13-24,39-44H,9-12,25-32H2,1-8H3/t39-,40-,41-,42-,43+,44+/m1/s1. The SMILES string of the molecule is COC(=O)C[C@H](C(=O)N1CCC[C@H]1C(=O)Cc1ccc([C@H]2CC[C@H](c3ccc(CC(=O)[C@@H]4CCCN4C(=O)[C@@H](CC(=O)OC)C(C)(C)C)cc3)N2c2ccc(C(F)(F)F)cc2)cc1)C(C)(C)C. The van der Waals surface area contributed by atoms with E-state index in [0.29, 0.717) is 57.3 Å². The monoisotopic (exact) mass is 929 g/mol. The third-order valence-corrected chi connectivity index (χ3v) is 14.1. The molecule has 0 saturated carbocycles. The van der Waals surface area contributed by atoms with Gasteiger partial charge in [-0.2, -0.15) is 13.2 Å². The van der Waals surface area contributed by atoms with Crippen LogP contribution in [0.15, 0.2) is 72.8 Å². The number of alkyl halides is 3. The molecule has 0 N–H and O–H groups in total. The summed E-state index contributed by atoms with van der Waals surface area (Å²) in [5.41, 5.74) is 2.25. The number of amides is 2. The first-order valence-corrected chi connectivity index (χ1v) is 23.4. The highest BCUT2D eigenvalue weighted by molar-refractivity contribution is 5.94. The Kier molecular flexibility index (Phi) is 15.8. The second-order valence-corrected chi connectivity index (χ2v) is 20.6. The van der Waals surface area contributed by atoms with Crippen LogP contribution in [0.3, 0.4) is 0 Å². The van der Waals surface area contributed by atoms with E-state index in [-0.39, 0.29) is 61.1 Å². The summed E-state index contributed by atoms with van der Waals surface area (Å²) in [5.74, 6) is -2.84. The molecule has 6 atom stereocenters. The maximum atomic E-state index is 13.8. The number of likely N-dealkylation sites (tertiary alicyclic amines) is 2. The Morgan fingerprint density at radius 1 is 0.567 bits per heavy atom. The van der Waals surface area contributed by atoms with Gasteiger partial charge < -0.3 is 24.2 Å². The normalized spacial score (nSPS) is 21.0. The van der Waals surface area contributed by atoms with Crippen LogP contribution in [-0.4, -0.2) is 84.5 Å². The van der Waals surface area contributed by atoms with Crippen molar-refractivity contribution in [3.8, 4) is 0 Å². The molecular formula is C53H66F3N3O8. The lowest BCUT2D eigenvalue weighted by Gasteiger charge is -2.34. The van der Waals surface area contributed by atoms with E-state index in [9.17, 15) is 41.9 Å². The molecule has 6 rings (SSSR count). The number of halogens is 3. The van der Waals surface area contributed by atoms with Gasteiger partial charge in [-0.1, -0.05) is 90.1 Å². The number of nitrogens with zero attached hydrogens (tertiary/aromatic N) is 3. The third kappa shape index (κ3) is 12.0. The van der Waals surface area contributed by atoms with Crippen molar-refractivity contribution in [3.63, 3.8) is 0 Å². The predicted octanol–water partition coefficient (Wildman–Crippen LogP) is 9.44. The fourth-order valence-corrected chi connectivity index (χ4v) is 10.2. The molecule has 3 fully saturated rings. The second-order valence-electron chi connectivity index (χ2n) is 20.6. The highest BCUT2D eigenvalue weighted by atomic mass is 19.4. The number of rotatable bonds is 15. The van der Waals surface area contributed by atoms with Crippen molar-refractivity contribution in [1.29, 1.82) is 0 Å². The molecule has 0 aromatic heterocycles. The van der Waals surface area contributed by atoms with Gasteiger partial charge in [0.2, 0.25) is 11.8 Å². The summed E-state index contributed by atoms with van der Waals surface area (Å²) < 4.78 is 50.9. The Balaban J connectivity index is 1.18. The fourth-order valence-electron chi connectivity index (χ4n) is 10.2. The molecule has 2 amide bonds. The number of ketones is 2. The molecule has 0 radical (unpaired) electrons. The first-order chi connectivity index (χ1) is 31.5. The molecule has 3 aromatic carbocycles. The molecule has 3 aliphatic heterocycles. The molecule has 3 aliphatic rings. The number of anilines is 1. The average molecular weight is 930 g/mol. The van der Waals surface area contributed by atoms with Gasteiger partial charge in [-0.05, 0) is 95.9 Å². The van der Waals surface area contributed by atoms with E-state index in [2.05, 4.69) is 4.90 Å². The van der Waals surface area contributed by atoms with Crippen molar-refractivity contribution in [2.45, 2.75) is 136 Å². The third-order valence-electron chi connectivity index (χ3n) is 14.1. The van der Waals surface area contributed by atoms with Gasteiger partial charge in [0.25, 0.3) is 0 Å². The van der Waals surface area contributed by atoms with E-state index >= 15 is 0 Å². The number of hydrogen-bond donors (Lipinski definition) is 0. The summed E-state index contributed by atoms with van der Waals surface area (Å²) in [4.78, 5) is 85.2. The van der Waals surface area contributed by atoms with Crippen LogP contribution in [0.4, 0.5) is 18.9 Å². The zero-order valence-electron chi connectivity index (χ0n) is 40.1. The number of benzene rings is 3. The number of carbonyl (C=O) groups is 6. The molecule has 67 heavy (non-hydrogen) atoms. The summed E-state index contributed by atoms with van der Waals surface area (Å²) in [5, 5.41) is 0. The number of carbonyl (C=O) groups excluding carboxylic acids is 6. The lowest BCUT2D eigenvalue weighted by molar-refractivity contribution is -0.151. The zero-order chi connectivity index (χ0) is 49.0. The smallest absolute Gasteiger partial charge is 0.416 e. The molecule has 0 bridgehead atoms. The quantitative estimate of drug-likeness (QED) is 0.137. The van der Waals surface area contributed by atoms with Gasteiger partial charge in [-0.15, -0.1) is 0 Å². The number of ether oxygens (including phenoxy) is 2. The van der Waals surface area contributed by atoms with E-state index in [1.807, 2.05) is 90.1 Å². The van der Waals surface area contributed by atoms with Crippen LogP contribution in [-0.2, 0) is 57.3 Å². The summed E-state index contributed by atoms with van der Waals surface area (Å²) in [6, 6.07) is 19.0. The second kappa shape index (κ2) is 20.8. The maximum absolute atomic E-state index is 13.8. The van der Waals surface area contributed by atoms with Crippen LogP contribution >= 0.6 is 0 Å². The molecule has 0 unspecified atom stereocenters. The van der Waals surface area contributed by atoms with Crippen molar-refractivity contribution in [1.82, 2.24) is 9.80 Å². The molecule has 11 nitrogen and oxygen atoms in total. The van der Waals surface area contributed by atoms with Gasteiger partial charge >= 0.3 is 18.1 Å². The van der Waals surface area contributed by atoms with Crippen molar-refractivity contribution in [2.75, 3.05) is 32.2 Å². The fraction of sp³-hybridized carbons (Fsp3) is 0.547. The summed E-state index contributed by atoms with van der Waals surface area (Å²) in [6.07, 6.45) is -0.584. The first kappa shape index (κ1) is 50.9. The van der Waals surface area contributed by atoms with E-state index in [1.54, 1.807) is 9.80 Å². The Morgan fingerprint density at radius 3 is 1.27 bits per heavy atom. The largest absolute Gasteiger partial charge is 0.469 e. The number of hydrogen-bond acceptors (Lipinski definition) is 9. The van der Waals surface area contributed by atoms with E-state index in [1.165, 1.54) is 26.4 Å². The van der Waals surface area contributed by atoms with Gasteiger partial charge in [0.15, 0.2) is 11.6 Å². The van der Waals surface area contributed by atoms with Gasteiger partial charge in [0, 0.05) is 31.6 Å². The minimum Gasteiger partial charge on any atom is -0.469 e. The van der Waals surface area contributed by atoms with Crippen LogP contribution in [0.25, 0.3) is 0 Å². The van der Waals surface area contributed by atoms with Crippen molar-refractivity contribution < 1.29 is 51.4 Å². The minimum atomic E-state index is -4.50. The molecule has 0 spiro atoms. The van der Waals surface area contributed by atoms with Crippen LogP contribution in [0.2, 0.25) is 0 Å². The summed E-state index contributed by atoms with van der Waals surface area (Å²) in [6.45, 7) is 12.3. The van der Waals surface area contributed by atoms with Gasteiger partial charge in [0.05, 0.1) is 68.6 Å². The molecule has 3 heterocycles. The van der Waals surface area contributed by atoms with Gasteiger partial charge in [0.1, 0.15) is 0 Å². The molecule has 3 saturated heterocycles. The minimum absolute atomic E-state index is 0.0693. The first-order valence-electron chi connectivity index (χ1n) is 23.4. The Bertz CT molecular complexity index is 2130. The number of Topliss-reactive ketones (excluding diaryl/α,β-unsaturated/α-hetero) is 2. The molecule has 362 valence electrons. The average Bonchev–Trinajstić information content (AvgIpc) is 4.07. The zero-order valence-corrected chi connectivity index (χ0v) is 40.1. The molecular weight excluding hydrogens is 864 g/mol. The van der Waals surface area contributed by atoms with Gasteiger partial charge in [-0.25, -0.2) is 0 Å². The van der Waals surface area contributed by atoms with Crippen molar-refractivity contribution in [2.24, 2.45) is 22.7 Å². The van der Waals surface area contributed by atoms with E-state index < -0.39 is 58.4 Å². The maximum Gasteiger partial charge on any atom is 0.416 e. The van der Waals surface area contributed by atoms with E-state index in [0.717, 1.165) is 34.4 Å². The van der Waals surface area contributed by atoms with Crippen LogP contribution in [0.5, 0.6) is 0 Å². The lowest BCUT2D eigenvalue weighted by atomic mass is 9.77. The Labute approximate surface area is 392 Å². The molecule has 14 heteroatoms. The van der Waals surface area contributed by atoms with Gasteiger partial charge in [-0.3, -0.25) is 28.8 Å². The van der Waals surface area contributed by atoms with E-state index in [4.69, 9.17) is 9.47 Å². The predicted molar refractivity (Wildman–Crippen MR) is 248 cm³/mol. The Morgan fingerprint density at radius 2 is 0.940 bits per heavy atom. The lowest BCUT2D eigenvalue weighted by Crippen LogP contribution is -2.47. The van der Waals surface area contributed by atoms with Crippen molar-refractivity contribution in [3.05, 3.63) is 101 Å². The highest BCUT2D eigenvalue weighted by Crippen LogP contribution is 2.48. The summed E-state index contributed by atoms with van der Waals surface area (Å²) in [7, 11) is 2.59. The molecule has 0 aliphatic carbocycles.